The van der Waals surface area contributed by atoms with Crippen molar-refractivity contribution < 1.29 is 18.4 Å². The lowest BCUT2D eigenvalue weighted by Crippen LogP contribution is -2.50. The summed E-state index contributed by atoms with van der Waals surface area (Å²) in [6, 6.07) is 6.33. The molecule has 1 aromatic heterocycles. The quantitative estimate of drug-likeness (QED) is 0.631. The van der Waals surface area contributed by atoms with Crippen molar-refractivity contribution >= 4 is 17.5 Å². The zero-order chi connectivity index (χ0) is 25.9. The minimum absolute atomic E-state index is 0.00663. The van der Waals surface area contributed by atoms with Gasteiger partial charge >= 0.3 is 0 Å². The van der Waals surface area contributed by atoms with Crippen LogP contribution in [0.2, 0.25) is 0 Å². The molecule has 0 radical (unpaired) electrons. The number of halogens is 2. The van der Waals surface area contributed by atoms with E-state index in [0.29, 0.717) is 31.7 Å². The maximum atomic E-state index is 14.2. The maximum Gasteiger partial charge on any atom is 0.274 e. The van der Waals surface area contributed by atoms with Gasteiger partial charge in [0, 0.05) is 68.6 Å². The Labute approximate surface area is 216 Å². The summed E-state index contributed by atoms with van der Waals surface area (Å²) >= 11 is 0. The summed E-state index contributed by atoms with van der Waals surface area (Å²) in [5.41, 5.74) is 5.99. The number of carbonyl (C=O) groups is 2. The number of fused-ring (bicyclic) bond motifs is 2. The summed E-state index contributed by atoms with van der Waals surface area (Å²) in [5.74, 6) is -3.80. The third-order valence-corrected chi connectivity index (χ3v) is 9.16. The summed E-state index contributed by atoms with van der Waals surface area (Å²) < 4.78 is 30.2. The fourth-order valence-electron chi connectivity index (χ4n) is 6.84. The average Bonchev–Trinajstić information content (AvgIpc) is 3.65. The van der Waals surface area contributed by atoms with Gasteiger partial charge in [-0.05, 0) is 62.6 Å². The van der Waals surface area contributed by atoms with Crippen LogP contribution in [0, 0.1) is 25.7 Å². The highest BCUT2D eigenvalue weighted by molar-refractivity contribution is 5.94. The molecule has 2 aliphatic carbocycles. The molecule has 37 heavy (non-hydrogen) atoms. The Morgan fingerprint density at radius 3 is 2.59 bits per heavy atom. The van der Waals surface area contributed by atoms with Crippen LogP contribution >= 0.6 is 0 Å². The predicted octanol–water partition coefficient (Wildman–Crippen LogP) is 3.45. The first-order valence-electron chi connectivity index (χ1n) is 13.6. The van der Waals surface area contributed by atoms with E-state index in [0.717, 1.165) is 43.6 Å². The first-order chi connectivity index (χ1) is 17.7. The number of hydrogen-bond acceptors (Lipinski definition) is 4. The first-order valence-corrected chi connectivity index (χ1v) is 13.6. The molecule has 7 nitrogen and oxygen atoms in total. The van der Waals surface area contributed by atoms with E-state index in [9.17, 15) is 18.4 Å². The number of anilines is 1. The second kappa shape index (κ2) is 9.10. The van der Waals surface area contributed by atoms with E-state index in [2.05, 4.69) is 42.0 Å². The van der Waals surface area contributed by atoms with Gasteiger partial charge in [-0.1, -0.05) is 12.1 Å². The van der Waals surface area contributed by atoms with Gasteiger partial charge in [0.15, 0.2) is 5.69 Å². The molecule has 4 aliphatic rings. The number of likely N-dealkylation sites (tertiary alicyclic amines) is 1. The predicted molar refractivity (Wildman–Crippen MR) is 136 cm³/mol. The second-order valence-corrected chi connectivity index (χ2v) is 11.2. The third kappa shape index (κ3) is 4.20. The minimum Gasteiger partial charge on any atom is -0.368 e. The molecule has 2 saturated heterocycles. The van der Waals surface area contributed by atoms with E-state index in [1.165, 1.54) is 16.8 Å². The summed E-state index contributed by atoms with van der Waals surface area (Å²) in [4.78, 5) is 32.4. The number of aryl methyl sites for hydroxylation is 1. The van der Waals surface area contributed by atoms with Gasteiger partial charge in [-0.15, -0.1) is 0 Å². The Morgan fingerprint density at radius 1 is 1.05 bits per heavy atom. The second-order valence-electron chi connectivity index (χ2n) is 11.2. The van der Waals surface area contributed by atoms with Crippen LogP contribution in [0.4, 0.5) is 14.5 Å². The highest BCUT2D eigenvalue weighted by Crippen LogP contribution is 2.48. The van der Waals surface area contributed by atoms with Gasteiger partial charge < -0.3 is 14.7 Å². The van der Waals surface area contributed by atoms with Crippen molar-refractivity contribution in [3.8, 4) is 0 Å². The fraction of sp³-hybridized carbons (Fsp3) is 0.607. The van der Waals surface area contributed by atoms with Crippen molar-refractivity contribution in [2.45, 2.75) is 58.4 Å². The Kier molecular flexibility index (Phi) is 5.99. The van der Waals surface area contributed by atoms with Crippen LogP contribution in [0.25, 0.3) is 0 Å². The van der Waals surface area contributed by atoms with Crippen molar-refractivity contribution in [3.05, 3.63) is 46.3 Å². The number of rotatable bonds is 4. The minimum atomic E-state index is -2.69. The fourth-order valence-corrected chi connectivity index (χ4v) is 6.84. The maximum absolute atomic E-state index is 14.2. The molecule has 3 fully saturated rings. The standard InChI is InChI=1S/C28H35F2N5O2/c1-18-5-3-7-23(19(18)2)32-11-13-33(14-12-32)25(36)17-35-24-8-4-6-21(24)26(31-35)27(37)34-15-20-9-10-28(29,30)22(20)16-34/h3,5,7,20,22H,4,6,8-17H2,1-2H3. The molecule has 9 heteroatoms. The molecule has 6 rings (SSSR count). The molecular weight excluding hydrogens is 476 g/mol. The summed E-state index contributed by atoms with van der Waals surface area (Å²) in [5, 5.41) is 4.61. The first kappa shape index (κ1) is 24.4. The lowest BCUT2D eigenvalue weighted by atomic mass is 9.99. The average molecular weight is 512 g/mol. The van der Waals surface area contributed by atoms with Crippen molar-refractivity contribution in [1.82, 2.24) is 19.6 Å². The summed E-state index contributed by atoms with van der Waals surface area (Å²) in [7, 11) is 0. The molecule has 1 aromatic carbocycles. The van der Waals surface area contributed by atoms with Gasteiger partial charge in [0.1, 0.15) is 6.54 Å². The number of benzene rings is 1. The van der Waals surface area contributed by atoms with E-state index in [1.54, 1.807) is 9.58 Å². The zero-order valence-corrected chi connectivity index (χ0v) is 21.7. The SMILES string of the molecule is Cc1cccc(N2CCN(C(=O)Cn3nc(C(=O)N4CC5CCC(F)(F)C5C4)c4c3CCC4)CC2)c1C. The van der Waals surface area contributed by atoms with E-state index < -0.39 is 11.8 Å². The topological polar surface area (TPSA) is 61.7 Å². The van der Waals surface area contributed by atoms with Crippen molar-refractivity contribution in [2.24, 2.45) is 11.8 Å². The van der Waals surface area contributed by atoms with Crippen LogP contribution in [-0.2, 0) is 24.2 Å². The van der Waals surface area contributed by atoms with E-state index in [1.807, 2.05) is 4.90 Å². The number of nitrogens with zero attached hydrogens (tertiary/aromatic N) is 5. The number of alkyl halides is 2. The number of carbonyl (C=O) groups excluding carboxylic acids is 2. The Bertz CT molecular complexity index is 1230. The van der Waals surface area contributed by atoms with Crippen LogP contribution in [0.1, 0.15) is 52.1 Å². The van der Waals surface area contributed by atoms with Gasteiger partial charge in [-0.25, -0.2) is 8.78 Å². The molecule has 2 amide bonds. The zero-order valence-electron chi connectivity index (χ0n) is 21.7. The van der Waals surface area contributed by atoms with Crippen molar-refractivity contribution in [3.63, 3.8) is 0 Å². The van der Waals surface area contributed by atoms with Gasteiger partial charge in [0.2, 0.25) is 5.91 Å². The molecule has 0 spiro atoms. The molecule has 2 atom stereocenters. The van der Waals surface area contributed by atoms with E-state index in [-0.39, 0.29) is 37.2 Å². The molecule has 3 heterocycles. The number of piperazine rings is 1. The monoisotopic (exact) mass is 511 g/mol. The largest absolute Gasteiger partial charge is 0.368 e. The molecule has 0 bridgehead atoms. The highest BCUT2D eigenvalue weighted by atomic mass is 19.3. The van der Waals surface area contributed by atoms with Crippen molar-refractivity contribution in [1.29, 1.82) is 0 Å². The van der Waals surface area contributed by atoms with Gasteiger partial charge in [0.05, 0.1) is 0 Å². The molecular formula is C28H35F2N5O2. The smallest absolute Gasteiger partial charge is 0.274 e. The highest BCUT2D eigenvalue weighted by Gasteiger charge is 2.55. The third-order valence-electron chi connectivity index (χ3n) is 9.16. The van der Waals surface area contributed by atoms with Gasteiger partial charge in [-0.3, -0.25) is 14.3 Å². The molecule has 2 aliphatic heterocycles. The number of aromatic nitrogens is 2. The number of hydrogen-bond donors (Lipinski definition) is 0. The van der Waals surface area contributed by atoms with Gasteiger partial charge in [-0.2, -0.15) is 5.10 Å². The summed E-state index contributed by atoms with van der Waals surface area (Å²) in [6.45, 7) is 7.69. The molecule has 0 N–H and O–H groups in total. The van der Waals surface area contributed by atoms with E-state index in [4.69, 9.17) is 0 Å². The Hall–Kier alpha value is -2.97. The van der Waals surface area contributed by atoms with Crippen LogP contribution in [-0.4, -0.2) is 76.6 Å². The number of amides is 2. The molecule has 1 saturated carbocycles. The van der Waals surface area contributed by atoms with Crippen LogP contribution in [0.15, 0.2) is 18.2 Å². The van der Waals surface area contributed by atoms with Gasteiger partial charge in [0.25, 0.3) is 11.8 Å². The van der Waals surface area contributed by atoms with E-state index >= 15 is 0 Å². The lowest BCUT2D eigenvalue weighted by Gasteiger charge is -2.37. The van der Waals surface area contributed by atoms with Crippen LogP contribution in [0.3, 0.4) is 0 Å². The molecule has 2 aromatic rings. The van der Waals surface area contributed by atoms with Crippen LogP contribution in [0.5, 0.6) is 0 Å². The normalized spacial score (nSPS) is 24.5. The molecule has 198 valence electrons. The van der Waals surface area contributed by atoms with Crippen LogP contribution < -0.4 is 4.90 Å². The Morgan fingerprint density at radius 2 is 1.84 bits per heavy atom. The lowest BCUT2D eigenvalue weighted by molar-refractivity contribution is -0.132. The Balaban J connectivity index is 1.12. The molecule has 2 unspecified atom stereocenters. The summed E-state index contributed by atoms with van der Waals surface area (Å²) in [6.07, 6.45) is 2.84. The van der Waals surface area contributed by atoms with Crippen molar-refractivity contribution in [2.75, 3.05) is 44.2 Å².